The van der Waals surface area contributed by atoms with Crippen molar-refractivity contribution in [3.05, 3.63) is 58.8 Å². The number of rotatable bonds is 9. The Bertz CT molecular complexity index is 1650. The van der Waals surface area contributed by atoms with Crippen molar-refractivity contribution in [2.75, 3.05) is 11.1 Å². The fraction of sp³-hybridized carbons (Fsp3) is 0.423. The second-order valence-corrected chi connectivity index (χ2v) is 12.1. The van der Waals surface area contributed by atoms with Crippen LogP contribution in [-0.2, 0) is 16.4 Å². The fourth-order valence-electron chi connectivity index (χ4n) is 4.16. The first-order valence-corrected chi connectivity index (χ1v) is 14.4. The first-order valence-electron chi connectivity index (χ1n) is 12.7. The highest BCUT2D eigenvalue weighted by Crippen LogP contribution is 2.42. The number of hydrogen-bond donors (Lipinski definition) is 1. The van der Waals surface area contributed by atoms with Crippen LogP contribution in [0, 0.1) is 5.92 Å². The number of anilines is 1. The molecule has 0 aliphatic heterocycles. The first-order chi connectivity index (χ1) is 18.2. The lowest BCUT2D eigenvalue weighted by atomic mass is 10.1. The third-order valence-corrected chi connectivity index (χ3v) is 8.65. The summed E-state index contributed by atoms with van der Waals surface area (Å²) in [4.78, 5) is 40.6. The summed E-state index contributed by atoms with van der Waals surface area (Å²) < 4.78 is 25.8. The molecule has 0 amide bonds. The van der Waals surface area contributed by atoms with Crippen molar-refractivity contribution < 1.29 is 8.42 Å². The number of aromatic nitrogens is 7. The van der Waals surface area contributed by atoms with Gasteiger partial charge in [-0.25, -0.2) is 33.3 Å². The molecule has 1 N–H and O–H groups in total. The molecule has 4 heterocycles. The van der Waals surface area contributed by atoms with Crippen molar-refractivity contribution in [2.24, 2.45) is 5.92 Å². The Hall–Kier alpha value is -3.80. The van der Waals surface area contributed by atoms with E-state index in [1.54, 1.807) is 36.3 Å². The molecule has 1 fully saturated rings. The third-order valence-electron chi connectivity index (χ3n) is 6.93. The quantitative estimate of drug-likeness (QED) is 0.338. The highest BCUT2D eigenvalue weighted by molar-refractivity contribution is 7.91. The zero-order valence-electron chi connectivity index (χ0n) is 21.8. The van der Waals surface area contributed by atoms with Gasteiger partial charge in [0.05, 0.1) is 40.3 Å². The van der Waals surface area contributed by atoms with Crippen LogP contribution in [0.4, 0.5) is 5.82 Å². The van der Waals surface area contributed by atoms with Gasteiger partial charge in [0, 0.05) is 24.4 Å². The van der Waals surface area contributed by atoms with Crippen LogP contribution in [0.25, 0.3) is 22.6 Å². The van der Waals surface area contributed by atoms with E-state index in [1.807, 2.05) is 20.8 Å². The predicted molar refractivity (Wildman–Crippen MR) is 143 cm³/mol. The van der Waals surface area contributed by atoms with Gasteiger partial charge in [-0.3, -0.25) is 14.3 Å². The molecule has 1 aliphatic rings. The van der Waals surface area contributed by atoms with Crippen LogP contribution >= 0.6 is 0 Å². The Morgan fingerprint density at radius 1 is 1.05 bits per heavy atom. The summed E-state index contributed by atoms with van der Waals surface area (Å²) in [6.07, 6.45) is 8.38. The number of sulfone groups is 1. The van der Waals surface area contributed by atoms with Crippen LogP contribution in [0.3, 0.4) is 0 Å². The van der Waals surface area contributed by atoms with Crippen molar-refractivity contribution in [2.45, 2.75) is 63.9 Å². The average Bonchev–Trinajstić information content (AvgIpc) is 3.77. The van der Waals surface area contributed by atoms with Crippen LogP contribution in [0.15, 0.2) is 46.7 Å². The Labute approximate surface area is 220 Å². The van der Waals surface area contributed by atoms with Crippen LogP contribution in [0.1, 0.15) is 63.9 Å². The molecule has 4 aromatic rings. The van der Waals surface area contributed by atoms with Crippen LogP contribution < -0.4 is 10.9 Å². The molecule has 0 bridgehead atoms. The lowest BCUT2D eigenvalue weighted by Gasteiger charge is -2.21. The maximum absolute atomic E-state index is 13.7. The molecule has 12 heteroatoms. The summed E-state index contributed by atoms with van der Waals surface area (Å²) in [5.41, 5.74) is 2.90. The normalized spacial score (nSPS) is 14.7. The summed E-state index contributed by atoms with van der Waals surface area (Å²) >= 11 is 0. The van der Waals surface area contributed by atoms with Gasteiger partial charge in [0.2, 0.25) is 0 Å². The Morgan fingerprint density at radius 3 is 2.50 bits per heavy atom. The van der Waals surface area contributed by atoms with E-state index in [2.05, 4.69) is 30.2 Å². The van der Waals surface area contributed by atoms with Gasteiger partial charge in [-0.1, -0.05) is 20.8 Å². The molecule has 198 valence electrons. The maximum Gasteiger partial charge on any atom is 0.295 e. The summed E-state index contributed by atoms with van der Waals surface area (Å²) in [7, 11) is -3.33. The van der Waals surface area contributed by atoms with Crippen molar-refractivity contribution in [1.82, 2.24) is 34.5 Å². The molecule has 4 aromatic heterocycles. The number of fused-ring (bicyclic) bond motifs is 1. The molecule has 0 radical (unpaired) electrons. The van der Waals surface area contributed by atoms with Crippen LogP contribution in [0.5, 0.6) is 0 Å². The van der Waals surface area contributed by atoms with Crippen LogP contribution in [-0.4, -0.2) is 48.6 Å². The molecule has 0 saturated heterocycles. The van der Waals surface area contributed by atoms with E-state index >= 15 is 0 Å². The molecular formula is C26H30N8O3S. The Kier molecular flexibility index (Phi) is 6.91. The van der Waals surface area contributed by atoms with E-state index < -0.39 is 9.84 Å². The monoisotopic (exact) mass is 534 g/mol. The second-order valence-electron chi connectivity index (χ2n) is 9.86. The van der Waals surface area contributed by atoms with Crippen molar-refractivity contribution in [3.8, 4) is 11.4 Å². The highest BCUT2D eigenvalue weighted by atomic mass is 32.2. The van der Waals surface area contributed by atoms with Crippen LogP contribution in [0.2, 0.25) is 0 Å². The van der Waals surface area contributed by atoms with Gasteiger partial charge in [0.1, 0.15) is 11.8 Å². The van der Waals surface area contributed by atoms with Gasteiger partial charge in [-0.15, -0.1) is 0 Å². The Morgan fingerprint density at radius 2 is 1.84 bits per heavy atom. The zero-order valence-corrected chi connectivity index (χ0v) is 22.6. The van der Waals surface area contributed by atoms with E-state index in [0.29, 0.717) is 28.6 Å². The fourth-order valence-corrected chi connectivity index (χ4v) is 4.98. The molecule has 1 saturated carbocycles. The molecule has 38 heavy (non-hydrogen) atoms. The van der Waals surface area contributed by atoms with Gasteiger partial charge in [0.15, 0.2) is 27.1 Å². The predicted octanol–water partition coefficient (Wildman–Crippen LogP) is 3.54. The maximum atomic E-state index is 13.7. The van der Waals surface area contributed by atoms with E-state index in [-0.39, 0.29) is 40.5 Å². The van der Waals surface area contributed by atoms with Gasteiger partial charge in [-0.2, -0.15) is 0 Å². The summed E-state index contributed by atoms with van der Waals surface area (Å²) in [5.74, 6) is 1.16. The summed E-state index contributed by atoms with van der Waals surface area (Å²) in [6.45, 7) is 7.86. The summed E-state index contributed by atoms with van der Waals surface area (Å²) in [5, 5.41) is 3.07. The van der Waals surface area contributed by atoms with Gasteiger partial charge < -0.3 is 5.32 Å². The number of pyridine rings is 1. The minimum atomic E-state index is -3.33. The average molecular weight is 535 g/mol. The van der Waals surface area contributed by atoms with E-state index in [9.17, 15) is 13.2 Å². The largest absolute Gasteiger partial charge is 0.360 e. The molecular weight excluding hydrogens is 504 g/mol. The molecule has 0 aromatic carbocycles. The third kappa shape index (κ3) is 5.00. The lowest BCUT2D eigenvalue weighted by molar-refractivity contribution is 0.406. The van der Waals surface area contributed by atoms with E-state index in [0.717, 1.165) is 24.1 Å². The van der Waals surface area contributed by atoms with Gasteiger partial charge in [0.25, 0.3) is 5.56 Å². The highest BCUT2D eigenvalue weighted by Gasteiger charge is 2.29. The molecule has 1 aliphatic carbocycles. The van der Waals surface area contributed by atoms with E-state index in [4.69, 9.17) is 4.98 Å². The zero-order chi connectivity index (χ0) is 27.0. The Balaban J connectivity index is 1.53. The minimum absolute atomic E-state index is 0.00381. The second kappa shape index (κ2) is 10.2. The molecule has 0 unspecified atom stereocenters. The van der Waals surface area contributed by atoms with Gasteiger partial charge in [-0.05, 0) is 37.8 Å². The number of nitrogens with zero attached hydrogens (tertiary/aromatic N) is 7. The summed E-state index contributed by atoms with van der Waals surface area (Å²) in [6, 6.07) is 2.98. The first kappa shape index (κ1) is 25.8. The molecule has 11 nitrogen and oxygen atoms in total. The molecule has 1 atom stereocenters. The minimum Gasteiger partial charge on any atom is -0.360 e. The topological polar surface area (TPSA) is 146 Å². The number of hydrogen-bond acceptors (Lipinski definition) is 10. The van der Waals surface area contributed by atoms with Crippen molar-refractivity contribution in [1.29, 1.82) is 0 Å². The molecule has 0 spiro atoms. The lowest BCUT2D eigenvalue weighted by Crippen LogP contribution is -2.30. The smallest absolute Gasteiger partial charge is 0.295 e. The van der Waals surface area contributed by atoms with E-state index in [1.165, 1.54) is 12.3 Å². The standard InChI is InChI=1S/C26H30N8O3S/c1-5-38(36,37)19-9-8-18(28-11-19)10-29-24-26(35)34(16(4)15(2)3)25-21(32-24)13-30-23(33-25)20-12-27-14-31-22(20)17-6-7-17/h8-9,11-17H,5-7,10H2,1-4H3,(H,29,32)/t16-/m0/s1. The van der Waals surface area contributed by atoms with Crippen molar-refractivity contribution in [3.63, 3.8) is 0 Å². The molecule has 5 rings (SSSR count). The van der Waals surface area contributed by atoms with Crippen molar-refractivity contribution >= 4 is 26.8 Å². The SMILES string of the molecule is CCS(=O)(=O)c1ccc(CNc2nc3cnc(-c4cncnc4C4CC4)nc3n([C@@H](C)C(C)C)c2=O)nc1. The number of nitrogens with one attached hydrogen (secondary N) is 1. The van der Waals surface area contributed by atoms with Gasteiger partial charge >= 0.3 is 0 Å².